The molecule has 4 aromatic rings. The highest BCUT2D eigenvalue weighted by Crippen LogP contribution is 2.46. The molecule has 0 spiro atoms. The van der Waals surface area contributed by atoms with E-state index >= 15 is 0 Å². The topological polar surface area (TPSA) is 94.8 Å². The van der Waals surface area contributed by atoms with Gasteiger partial charge >= 0.3 is 5.97 Å². The van der Waals surface area contributed by atoms with Crippen molar-refractivity contribution in [1.82, 2.24) is 5.32 Å². The summed E-state index contributed by atoms with van der Waals surface area (Å²) in [4.78, 5) is 42.5. The highest BCUT2D eigenvalue weighted by atomic mass is 32.1. The van der Waals surface area contributed by atoms with Crippen molar-refractivity contribution in [3.05, 3.63) is 121 Å². The number of hydrogen-bond donors (Lipinski definition) is 1. The van der Waals surface area contributed by atoms with Gasteiger partial charge in [-0.15, -0.1) is 11.3 Å². The number of para-hydroxylation sites is 1. The Morgan fingerprint density at radius 3 is 2.63 bits per heavy atom. The number of rotatable bonds is 7. The number of benzene rings is 2. The number of Topliss-reactive ketones (excluding diaryl/α,β-unsaturated/α-hetero) is 1. The van der Waals surface area contributed by atoms with E-state index in [-0.39, 0.29) is 41.5 Å². The Balaban J connectivity index is 1.37. The summed E-state index contributed by atoms with van der Waals surface area (Å²) in [6.45, 7) is 3.84. The highest BCUT2D eigenvalue weighted by Gasteiger charge is 2.43. The molecule has 0 radical (unpaired) electrons. The average Bonchev–Trinajstić information content (AvgIpc) is 3.51. The first kappa shape index (κ1) is 26.8. The van der Waals surface area contributed by atoms with Crippen molar-refractivity contribution < 1.29 is 23.5 Å². The molecule has 2 atom stereocenters. The van der Waals surface area contributed by atoms with Gasteiger partial charge in [-0.05, 0) is 56.0 Å². The normalized spacial score (nSPS) is 18.7. The zero-order valence-electron chi connectivity index (χ0n) is 22.8. The zero-order chi connectivity index (χ0) is 28.5. The lowest BCUT2D eigenvalue weighted by Crippen LogP contribution is -2.37. The molecule has 0 amide bonds. The maximum Gasteiger partial charge on any atom is 0.336 e. The van der Waals surface area contributed by atoms with E-state index in [1.807, 2.05) is 60.8 Å². The summed E-state index contributed by atoms with van der Waals surface area (Å²) < 4.78 is 17.2. The molecule has 8 heteroatoms. The van der Waals surface area contributed by atoms with Crippen molar-refractivity contribution in [3.63, 3.8) is 0 Å². The molecule has 1 N–H and O–H groups in total. The Morgan fingerprint density at radius 2 is 1.85 bits per heavy atom. The van der Waals surface area contributed by atoms with Gasteiger partial charge in [-0.3, -0.25) is 9.59 Å². The lowest BCUT2D eigenvalue weighted by Gasteiger charge is -2.36. The molecule has 2 aromatic heterocycles. The van der Waals surface area contributed by atoms with E-state index in [0.717, 1.165) is 16.1 Å². The van der Waals surface area contributed by atoms with Crippen LogP contribution in [0.1, 0.15) is 47.6 Å². The van der Waals surface area contributed by atoms with Gasteiger partial charge in [-0.25, -0.2) is 4.79 Å². The van der Waals surface area contributed by atoms with Crippen LogP contribution in [-0.4, -0.2) is 25.0 Å². The van der Waals surface area contributed by atoms with Crippen LogP contribution in [0.2, 0.25) is 0 Å². The van der Waals surface area contributed by atoms with Gasteiger partial charge in [0, 0.05) is 39.7 Å². The SMILES string of the molecule is CC1=C(C(=O)OCCOc2ccccc2)C(c2coc3ccc(C)cc3c2=O)C2=C(CC(c3cccs3)CC2=O)N1. The van der Waals surface area contributed by atoms with E-state index < -0.39 is 11.9 Å². The molecule has 3 heterocycles. The Kier molecular flexibility index (Phi) is 7.32. The molecule has 0 bridgehead atoms. The summed E-state index contributed by atoms with van der Waals surface area (Å²) in [7, 11) is 0. The molecular weight excluding hydrogens is 538 g/mol. The summed E-state index contributed by atoms with van der Waals surface area (Å²) >= 11 is 1.62. The van der Waals surface area contributed by atoms with E-state index in [0.29, 0.717) is 40.8 Å². The Labute approximate surface area is 241 Å². The smallest absolute Gasteiger partial charge is 0.336 e. The second-order valence-electron chi connectivity index (χ2n) is 10.3. The van der Waals surface area contributed by atoms with Crippen LogP contribution in [0, 0.1) is 6.92 Å². The van der Waals surface area contributed by atoms with Gasteiger partial charge in [-0.1, -0.05) is 35.9 Å². The second kappa shape index (κ2) is 11.2. The fraction of sp³-hybridized carbons (Fsp3) is 0.242. The number of allylic oxidation sites excluding steroid dienone is 3. The van der Waals surface area contributed by atoms with E-state index in [4.69, 9.17) is 13.9 Å². The van der Waals surface area contributed by atoms with Crippen LogP contribution in [0.3, 0.4) is 0 Å². The number of nitrogens with one attached hydrogen (secondary N) is 1. The Bertz CT molecular complexity index is 1750. The number of carbonyl (C=O) groups is 2. The van der Waals surface area contributed by atoms with Crippen molar-refractivity contribution in [2.45, 2.75) is 38.5 Å². The first-order chi connectivity index (χ1) is 19.9. The van der Waals surface area contributed by atoms with Gasteiger partial charge in [-0.2, -0.15) is 0 Å². The molecule has 6 rings (SSSR count). The summed E-state index contributed by atoms with van der Waals surface area (Å²) in [5.74, 6) is -0.924. The minimum Gasteiger partial charge on any atom is -0.490 e. The van der Waals surface area contributed by atoms with Gasteiger partial charge in [0.15, 0.2) is 11.2 Å². The van der Waals surface area contributed by atoms with E-state index in [1.165, 1.54) is 6.26 Å². The van der Waals surface area contributed by atoms with Crippen LogP contribution in [0.15, 0.2) is 104 Å². The third kappa shape index (κ3) is 5.23. The van der Waals surface area contributed by atoms with Gasteiger partial charge in [0.1, 0.15) is 24.5 Å². The van der Waals surface area contributed by atoms with Crippen LogP contribution in [0.25, 0.3) is 11.0 Å². The molecule has 1 aliphatic heterocycles. The average molecular weight is 568 g/mol. The number of thiophene rings is 1. The largest absolute Gasteiger partial charge is 0.490 e. The van der Waals surface area contributed by atoms with Crippen molar-refractivity contribution in [3.8, 4) is 5.75 Å². The van der Waals surface area contributed by atoms with E-state index in [2.05, 4.69) is 5.32 Å². The second-order valence-corrected chi connectivity index (χ2v) is 11.3. The van der Waals surface area contributed by atoms with Crippen molar-refractivity contribution >= 4 is 34.1 Å². The predicted octanol–water partition coefficient (Wildman–Crippen LogP) is 6.15. The molecule has 2 aliphatic rings. The molecule has 41 heavy (non-hydrogen) atoms. The van der Waals surface area contributed by atoms with Crippen LogP contribution >= 0.6 is 11.3 Å². The fourth-order valence-electron chi connectivity index (χ4n) is 5.69. The van der Waals surface area contributed by atoms with Crippen LogP contribution in [0.5, 0.6) is 5.75 Å². The molecule has 7 nitrogen and oxygen atoms in total. The number of hydrogen-bond acceptors (Lipinski definition) is 8. The van der Waals surface area contributed by atoms with Crippen molar-refractivity contribution in [2.24, 2.45) is 0 Å². The van der Waals surface area contributed by atoms with Crippen LogP contribution in [-0.2, 0) is 14.3 Å². The van der Waals surface area contributed by atoms with Crippen LogP contribution in [0.4, 0.5) is 0 Å². The number of dihydropyridines is 1. The number of carbonyl (C=O) groups excluding carboxylic acids is 2. The van der Waals surface area contributed by atoms with E-state index in [9.17, 15) is 14.4 Å². The van der Waals surface area contributed by atoms with Crippen LogP contribution < -0.4 is 15.5 Å². The number of fused-ring (bicyclic) bond motifs is 1. The lowest BCUT2D eigenvalue weighted by atomic mass is 9.73. The van der Waals surface area contributed by atoms with Gasteiger partial charge in [0.2, 0.25) is 0 Å². The molecule has 0 saturated carbocycles. The highest BCUT2D eigenvalue weighted by molar-refractivity contribution is 7.10. The summed E-state index contributed by atoms with van der Waals surface area (Å²) in [6, 6.07) is 18.7. The number of ketones is 1. The van der Waals surface area contributed by atoms with Gasteiger partial charge in [0.05, 0.1) is 23.1 Å². The number of aryl methyl sites for hydroxylation is 1. The summed E-state index contributed by atoms with van der Waals surface area (Å²) in [6.07, 6.45) is 2.28. The summed E-state index contributed by atoms with van der Waals surface area (Å²) in [5.41, 5.74) is 3.26. The van der Waals surface area contributed by atoms with Gasteiger partial charge in [0.25, 0.3) is 0 Å². The molecule has 0 fully saturated rings. The first-order valence-electron chi connectivity index (χ1n) is 13.5. The minimum absolute atomic E-state index is 0.00303. The molecule has 2 aromatic carbocycles. The number of ether oxygens (including phenoxy) is 2. The summed E-state index contributed by atoms with van der Waals surface area (Å²) in [5, 5.41) is 5.74. The molecule has 1 aliphatic carbocycles. The third-order valence-corrected chi connectivity index (χ3v) is 8.62. The first-order valence-corrected chi connectivity index (χ1v) is 14.4. The van der Waals surface area contributed by atoms with Crippen molar-refractivity contribution in [2.75, 3.05) is 13.2 Å². The maximum absolute atomic E-state index is 13.9. The van der Waals surface area contributed by atoms with Crippen molar-refractivity contribution in [1.29, 1.82) is 0 Å². The molecule has 208 valence electrons. The van der Waals surface area contributed by atoms with Gasteiger partial charge < -0.3 is 19.2 Å². The Morgan fingerprint density at radius 1 is 1.02 bits per heavy atom. The zero-order valence-corrected chi connectivity index (χ0v) is 23.6. The standard InChI is InChI=1S/C33H29NO6S/c1-19-10-11-27-23(15-19)32(36)24(18-40-27)30-29(33(37)39-13-12-38-22-7-4-3-5-8-22)20(2)34-25-16-21(17-26(35)31(25)30)28-9-6-14-41-28/h3-11,14-15,18,21,30,34H,12-13,16-17H2,1-2H3. The predicted molar refractivity (Wildman–Crippen MR) is 157 cm³/mol. The molecule has 2 unspecified atom stereocenters. The quantitative estimate of drug-likeness (QED) is 0.212. The lowest BCUT2D eigenvalue weighted by molar-refractivity contribution is -0.140. The minimum atomic E-state index is -0.910. The van der Waals surface area contributed by atoms with E-state index in [1.54, 1.807) is 30.4 Å². The maximum atomic E-state index is 13.9. The Hall–Kier alpha value is -4.43. The number of esters is 1. The molecular formula is C33H29NO6S. The molecule has 0 saturated heterocycles. The third-order valence-electron chi connectivity index (χ3n) is 7.59. The fourth-order valence-corrected chi connectivity index (χ4v) is 6.52. The monoisotopic (exact) mass is 567 g/mol.